The molecule has 0 saturated carbocycles. The molecule has 0 aromatic carbocycles. The first kappa shape index (κ1) is 13.6. The Labute approximate surface area is 114 Å². The van der Waals surface area contributed by atoms with Crippen LogP contribution in [0.25, 0.3) is 0 Å². The van der Waals surface area contributed by atoms with Crippen LogP contribution in [0.3, 0.4) is 0 Å². The van der Waals surface area contributed by atoms with Crippen LogP contribution >= 0.6 is 0 Å². The van der Waals surface area contributed by atoms with Crippen molar-refractivity contribution in [3.05, 3.63) is 47.9 Å². The van der Waals surface area contributed by atoms with Gasteiger partial charge in [0.2, 0.25) is 5.88 Å². The molecule has 0 spiro atoms. The Balaban J connectivity index is 1.99. The number of hydrogen-bond acceptors (Lipinski definition) is 3. The van der Waals surface area contributed by atoms with Gasteiger partial charge in [0.15, 0.2) is 0 Å². The smallest absolute Gasteiger partial charge is 0.218 e. The van der Waals surface area contributed by atoms with Crippen molar-refractivity contribution in [3.63, 3.8) is 0 Å². The first-order chi connectivity index (χ1) is 9.33. The highest BCUT2D eigenvalue weighted by Gasteiger charge is 2.04. The van der Waals surface area contributed by atoms with Crippen LogP contribution in [-0.4, -0.2) is 23.2 Å². The number of aromatic nitrogens is 2. The number of nitrogens with one attached hydrogen (secondary N) is 1. The van der Waals surface area contributed by atoms with E-state index in [2.05, 4.69) is 40.3 Å². The Bertz CT molecular complexity index is 508. The minimum atomic E-state index is 0.696. The number of methoxy groups -OCH3 is 1. The van der Waals surface area contributed by atoms with Crippen LogP contribution in [0.2, 0.25) is 0 Å². The van der Waals surface area contributed by atoms with Crippen LogP contribution in [-0.2, 0) is 13.1 Å². The van der Waals surface area contributed by atoms with E-state index in [-0.39, 0.29) is 0 Å². The first-order valence-electron chi connectivity index (χ1n) is 6.66. The van der Waals surface area contributed by atoms with Gasteiger partial charge in [-0.15, -0.1) is 0 Å². The lowest BCUT2D eigenvalue weighted by atomic mass is 10.2. The third kappa shape index (κ3) is 3.83. The van der Waals surface area contributed by atoms with Crippen molar-refractivity contribution >= 4 is 0 Å². The number of rotatable bonds is 7. The monoisotopic (exact) mass is 259 g/mol. The molecule has 19 heavy (non-hydrogen) atoms. The molecule has 2 aromatic heterocycles. The molecule has 2 aromatic rings. The standard InChI is InChI=1S/C15H21N3O/c1-3-7-16-10-13-6-9-18(11-13)12-14-5-4-8-17-15(14)19-2/h4-6,8-9,11,16H,3,7,10,12H2,1-2H3. The molecule has 0 saturated heterocycles. The van der Waals surface area contributed by atoms with Gasteiger partial charge in [-0.2, -0.15) is 0 Å². The molecular weight excluding hydrogens is 238 g/mol. The fourth-order valence-corrected chi connectivity index (χ4v) is 2.03. The van der Waals surface area contributed by atoms with Crippen molar-refractivity contribution < 1.29 is 4.74 Å². The summed E-state index contributed by atoms with van der Waals surface area (Å²) < 4.78 is 7.42. The Kier molecular flexibility index (Phi) is 4.98. The maximum absolute atomic E-state index is 5.27. The fraction of sp³-hybridized carbons (Fsp3) is 0.400. The predicted molar refractivity (Wildman–Crippen MR) is 76.3 cm³/mol. The highest BCUT2D eigenvalue weighted by molar-refractivity contribution is 5.26. The maximum atomic E-state index is 5.27. The molecule has 0 amide bonds. The zero-order valence-electron chi connectivity index (χ0n) is 11.6. The molecule has 0 atom stereocenters. The highest BCUT2D eigenvalue weighted by atomic mass is 16.5. The Morgan fingerprint density at radius 2 is 2.26 bits per heavy atom. The van der Waals surface area contributed by atoms with Gasteiger partial charge in [0.05, 0.1) is 13.7 Å². The largest absolute Gasteiger partial charge is 0.481 e. The lowest BCUT2D eigenvalue weighted by Crippen LogP contribution is -2.13. The van der Waals surface area contributed by atoms with Gasteiger partial charge in [-0.25, -0.2) is 4.98 Å². The molecule has 102 valence electrons. The third-order valence-corrected chi connectivity index (χ3v) is 2.96. The van der Waals surface area contributed by atoms with Crippen molar-refractivity contribution in [2.45, 2.75) is 26.4 Å². The van der Waals surface area contributed by atoms with E-state index >= 15 is 0 Å². The van der Waals surface area contributed by atoms with Crippen LogP contribution in [0.1, 0.15) is 24.5 Å². The first-order valence-corrected chi connectivity index (χ1v) is 6.66. The van der Waals surface area contributed by atoms with E-state index in [1.807, 2.05) is 12.1 Å². The summed E-state index contributed by atoms with van der Waals surface area (Å²) in [4.78, 5) is 4.21. The molecule has 0 bridgehead atoms. The average Bonchev–Trinajstić information content (AvgIpc) is 2.87. The minimum absolute atomic E-state index is 0.696. The van der Waals surface area contributed by atoms with E-state index in [1.165, 1.54) is 5.56 Å². The summed E-state index contributed by atoms with van der Waals surface area (Å²) in [5.74, 6) is 0.696. The second kappa shape index (κ2) is 6.95. The van der Waals surface area contributed by atoms with E-state index in [4.69, 9.17) is 4.74 Å². The van der Waals surface area contributed by atoms with Crippen LogP contribution in [0, 0.1) is 0 Å². The quantitative estimate of drug-likeness (QED) is 0.776. The molecule has 4 heteroatoms. The van der Waals surface area contributed by atoms with Gasteiger partial charge < -0.3 is 14.6 Å². The van der Waals surface area contributed by atoms with Crippen molar-refractivity contribution in [2.75, 3.05) is 13.7 Å². The van der Waals surface area contributed by atoms with Crippen molar-refractivity contribution in [1.82, 2.24) is 14.9 Å². The molecule has 0 aliphatic heterocycles. The molecule has 0 unspecified atom stereocenters. The van der Waals surface area contributed by atoms with Crippen LogP contribution < -0.4 is 10.1 Å². The van der Waals surface area contributed by atoms with Crippen LogP contribution in [0.4, 0.5) is 0 Å². The van der Waals surface area contributed by atoms with E-state index < -0.39 is 0 Å². The molecule has 2 heterocycles. The summed E-state index contributed by atoms with van der Waals surface area (Å²) in [6.45, 7) is 4.93. The summed E-state index contributed by atoms with van der Waals surface area (Å²) in [6.07, 6.45) is 7.16. The van der Waals surface area contributed by atoms with Gasteiger partial charge in [0.1, 0.15) is 0 Å². The molecule has 0 aliphatic rings. The number of ether oxygens (including phenoxy) is 1. The zero-order chi connectivity index (χ0) is 13.5. The van der Waals surface area contributed by atoms with E-state index in [0.29, 0.717) is 5.88 Å². The molecule has 0 aliphatic carbocycles. The minimum Gasteiger partial charge on any atom is -0.481 e. The van der Waals surface area contributed by atoms with Gasteiger partial charge in [-0.05, 0) is 30.7 Å². The Morgan fingerprint density at radius 3 is 3.05 bits per heavy atom. The van der Waals surface area contributed by atoms with E-state index in [0.717, 1.165) is 31.6 Å². The lowest BCUT2D eigenvalue weighted by molar-refractivity contribution is 0.391. The average molecular weight is 259 g/mol. The van der Waals surface area contributed by atoms with Crippen molar-refractivity contribution in [1.29, 1.82) is 0 Å². The molecular formula is C15H21N3O. The van der Waals surface area contributed by atoms with Gasteiger partial charge in [-0.3, -0.25) is 0 Å². The van der Waals surface area contributed by atoms with Crippen molar-refractivity contribution in [2.24, 2.45) is 0 Å². The highest BCUT2D eigenvalue weighted by Crippen LogP contribution is 2.15. The number of pyridine rings is 1. The molecule has 2 rings (SSSR count). The van der Waals surface area contributed by atoms with Crippen molar-refractivity contribution in [3.8, 4) is 5.88 Å². The molecule has 0 radical (unpaired) electrons. The van der Waals surface area contributed by atoms with Gasteiger partial charge in [0, 0.05) is 30.7 Å². The number of hydrogen-bond donors (Lipinski definition) is 1. The maximum Gasteiger partial charge on any atom is 0.218 e. The zero-order valence-corrected chi connectivity index (χ0v) is 11.6. The summed E-state index contributed by atoms with van der Waals surface area (Å²) >= 11 is 0. The molecule has 1 N–H and O–H groups in total. The lowest BCUT2D eigenvalue weighted by Gasteiger charge is -2.07. The number of nitrogens with zero attached hydrogens (tertiary/aromatic N) is 2. The second-order valence-corrected chi connectivity index (χ2v) is 4.54. The second-order valence-electron chi connectivity index (χ2n) is 4.54. The molecule has 0 fully saturated rings. The SMILES string of the molecule is CCCNCc1ccn(Cc2cccnc2OC)c1. The van der Waals surface area contributed by atoms with Crippen LogP contribution in [0.5, 0.6) is 5.88 Å². The molecule has 4 nitrogen and oxygen atoms in total. The van der Waals surface area contributed by atoms with Gasteiger partial charge in [0.25, 0.3) is 0 Å². The topological polar surface area (TPSA) is 39.1 Å². The van der Waals surface area contributed by atoms with Gasteiger partial charge >= 0.3 is 0 Å². The normalized spacial score (nSPS) is 10.6. The summed E-state index contributed by atoms with van der Waals surface area (Å²) in [5, 5.41) is 3.40. The fourth-order valence-electron chi connectivity index (χ4n) is 2.03. The van der Waals surface area contributed by atoms with E-state index in [9.17, 15) is 0 Å². The Morgan fingerprint density at radius 1 is 1.37 bits per heavy atom. The van der Waals surface area contributed by atoms with Crippen LogP contribution in [0.15, 0.2) is 36.8 Å². The third-order valence-electron chi connectivity index (χ3n) is 2.96. The predicted octanol–water partition coefficient (Wildman–Crippen LogP) is 2.44. The summed E-state index contributed by atoms with van der Waals surface area (Å²) in [5.41, 5.74) is 2.39. The summed E-state index contributed by atoms with van der Waals surface area (Å²) in [7, 11) is 1.65. The van der Waals surface area contributed by atoms with E-state index in [1.54, 1.807) is 13.3 Å². The summed E-state index contributed by atoms with van der Waals surface area (Å²) in [6, 6.07) is 6.12. The Hall–Kier alpha value is -1.81. The van der Waals surface area contributed by atoms with Gasteiger partial charge in [-0.1, -0.05) is 13.0 Å².